The summed E-state index contributed by atoms with van der Waals surface area (Å²) in [6.07, 6.45) is 0.914. The van der Waals surface area contributed by atoms with Crippen LogP contribution in [-0.4, -0.2) is 99.6 Å². The number of aldehydes is 1. The number of nitrogens with one attached hydrogen (secondary N) is 4. The zero-order valence-corrected chi connectivity index (χ0v) is 23.1. The highest BCUT2D eigenvalue weighted by Gasteiger charge is 2.32. The van der Waals surface area contributed by atoms with Gasteiger partial charge in [-0.05, 0) is 44.7 Å². The van der Waals surface area contributed by atoms with Gasteiger partial charge in [-0.25, -0.2) is 9.59 Å². The Morgan fingerprint density at radius 3 is 2.27 bits per heavy atom. The molecule has 0 aromatic carbocycles. The number of hydrogen-bond acceptors (Lipinski definition) is 10. The summed E-state index contributed by atoms with van der Waals surface area (Å²) in [7, 11) is 0. The number of aliphatic imine (C=N–C) groups is 1. The molecule has 1 aliphatic rings. The summed E-state index contributed by atoms with van der Waals surface area (Å²) in [5.74, 6) is -5.13. The van der Waals surface area contributed by atoms with Crippen LogP contribution in [0.1, 0.15) is 46.0 Å². The highest BCUT2D eigenvalue weighted by molar-refractivity contribution is 8.00. The van der Waals surface area contributed by atoms with Gasteiger partial charge in [0, 0.05) is 19.1 Å². The molecule has 0 saturated carbocycles. The highest BCUT2D eigenvalue weighted by atomic mass is 32.2. The molecule has 0 aromatic heterocycles. The van der Waals surface area contributed by atoms with Gasteiger partial charge in [0.2, 0.25) is 23.6 Å². The van der Waals surface area contributed by atoms with Gasteiger partial charge in [0.05, 0.1) is 0 Å². The predicted octanol–water partition coefficient (Wildman–Crippen LogP) is -1.69. The molecule has 0 saturated heterocycles. The number of thioether (sulfide) groups is 1. The molecule has 15 nitrogen and oxygen atoms in total. The minimum absolute atomic E-state index is 0.159. The Labute approximate surface area is 235 Å². The molecule has 8 N–H and O–H groups in total. The summed E-state index contributed by atoms with van der Waals surface area (Å²) >= 11 is 1.12. The van der Waals surface area contributed by atoms with E-state index in [0.29, 0.717) is 25.7 Å². The molecule has 0 spiro atoms. The Hall–Kier alpha value is -3.79. The lowest BCUT2D eigenvalue weighted by Gasteiger charge is -2.27. The number of carboxylic acid groups (broad SMARTS) is 2. The minimum atomic E-state index is -1.43. The van der Waals surface area contributed by atoms with Crippen molar-refractivity contribution >= 4 is 59.3 Å². The van der Waals surface area contributed by atoms with Crippen molar-refractivity contribution in [3.63, 3.8) is 0 Å². The van der Waals surface area contributed by atoms with Crippen LogP contribution in [0.2, 0.25) is 0 Å². The second-order valence-corrected chi connectivity index (χ2v) is 10.1. The molecule has 40 heavy (non-hydrogen) atoms. The second-order valence-electron chi connectivity index (χ2n) is 9.02. The van der Waals surface area contributed by atoms with Crippen molar-refractivity contribution in [2.45, 2.75) is 75.5 Å². The smallest absolute Gasteiger partial charge is 0.354 e. The van der Waals surface area contributed by atoms with E-state index in [2.05, 4.69) is 32.8 Å². The average Bonchev–Trinajstić information content (AvgIpc) is 2.88. The predicted molar refractivity (Wildman–Crippen MR) is 145 cm³/mol. The number of carboxylic acids is 2. The van der Waals surface area contributed by atoms with Crippen molar-refractivity contribution in [1.29, 1.82) is 0 Å². The first kappa shape index (κ1) is 34.2. The van der Waals surface area contributed by atoms with E-state index in [0.717, 1.165) is 11.8 Å². The molecule has 0 aliphatic carbocycles. The average molecular weight is 585 g/mol. The van der Waals surface area contributed by atoms with Crippen molar-refractivity contribution in [1.82, 2.24) is 21.3 Å². The number of nitrogens with zero attached hydrogens (tertiary/aromatic N) is 1. The van der Waals surface area contributed by atoms with Crippen LogP contribution in [0.15, 0.2) is 17.1 Å². The van der Waals surface area contributed by atoms with Crippen LogP contribution in [0.25, 0.3) is 0 Å². The molecule has 0 fully saturated rings. The van der Waals surface area contributed by atoms with Gasteiger partial charge >= 0.3 is 11.9 Å². The molecule has 1 heterocycles. The van der Waals surface area contributed by atoms with Crippen LogP contribution in [0.4, 0.5) is 0 Å². The standard InChI is InChI=1S/C24H36N6O9S/c1-12-11-40-22(30-19(12)24(38)39)17(10-31)29-21(35)15(6-4-5-9-25)27-18(33)8-7-16(23(36)37)28-20(34)13(2)26-14(3)32/h10,13,15-17,22H,1,4-9,11,25H2,2-3H3,(H,26,32)(H,27,33)(H,28,34)(H,29,35)(H,36,37)(H,38,39)/t13-,15-,16+,17+,22+/m0/s1. The number of hydrogen-bond donors (Lipinski definition) is 7. The number of carbonyl (C=O) groups excluding carboxylic acids is 5. The first-order chi connectivity index (χ1) is 18.8. The summed E-state index contributed by atoms with van der Waals surface area (Å²) in [4.78, 5) is 87.7. The Morgan fingerprint density at radius 1 is 1.05 bits per heavy atom. The van der Waals surface area contributed by atoms with Crippen LogP contribution in [0.3, 0.4) is 0 Å². The molecule has 4 amide bonds. The normalized spacial score (nSPS) is 17.7. The zero-order valence-electron chi connectivity index (χ0n) is 22.3. The quantitative estimate of drug-likeness (QED) is 0.0751. The minimum Gasteiger partial charge on any atom is -0.480 e. The van der Waals surface area contributed by atoms with Crippen LogP contribution >= 0.6 is 11.8 Å². The van der Waals surface area contributed by atoms with E-state index in [-0.39, 0.29) is 36.3 Å². The van der Waals surface area contributed by atoms with Gasteiger partial charge in [-0.3, -0.25) is 24.2 Å². The lowest BCUT2D eigenvalue weighted by Crippen LogP contribution is -2.53. The molecule has 0 bridgehead atoms. The number of aliphatic carboxylic acids is 2. The molecule has 0 radical (unpaired) electrons. The molecule has 0 unspecified atom stereocenters. The maximum atomic E-state index is 13.0. The van der Waals surface area contributed by atoms with Crippen LogP contribution in [0, 0.1) is 0 Å². The van der Waals surface area contributed by atoms with Crippen LogP contribution in [0.5, 0.6) is 0 Å². The van der Waals surface area contributed by atoms with E-state index in [9.17, 15) is 43.8 Å². The molecule has 0 aromatic rings. The van der Waals surface area contributed by atoms with Gasteiger partial charge in [-0.1, -0.05) is 6.58 Å². The number of nitrogens with two attached hydrogens (primary N) is 1. The van der Waals surface area contributed by atoms with E-state index in [1.807, 2.05) is 0 Å². The maximum absolute atomic E-state index is 13.0. The van der Waals surface area contributed by atoms with Crippen LogP contribution < -0.4 is 27.0 Å². The fourth-order valence-corrected chi connectivity index (χ4v) is 4.59. The van der Waals surface area contributed by atoms with E-state index >= 15 is 0 Å². The van der Waals surface area contributed by atoms with Gasteiger partial charge in [0.1, 0.15) is 41.5 Å². The van der Waals surface area contributed by atoms with Gasteiger partial charge in [0.15, 0.2) is 0 Å². The SMILES string of the molecule is C=C1CS[C@H]([C@@H](C=O)NC(=O)[C@H](CCCCN)NC(=O)CC[C@@H](NC(=O)[C@H](C)NC(C)=O)C(=O)O)N=C1C(=O)O. The monoisotopic (exact) mass is 584 g/mol. The Kier molecular flexibility index (Phi) is 14.6. The summed E-state index contributed by atoms with van der Waals surface area (Å²) in [5.41, 5.74) is 5.50. The van der Waals surface area contributed by atoms with Crippen molar-refractivity contribution in [3.8, 4) is 0 Å². The van der Waals surface area contributed by atoms with E-state index in [4.69, 9.17) is 5.73 Å². The lowest BCUT2D eigenvalue weighted by molar-refractivity contribution is -0.142. The van der Waals surface area contributed by atoms with Crippen LogP contribution in [-0.2, 0) is 33.6 Å². The van der Waals surface area contributed by atoms with E-state index < -0.39 is 65.1 Å². The third kappa shape index (κ3) is 11.5. The van der Waals surface area contributed by atoms with Crippen molar-refractivity contribution in [2.24, 2.45) is 10.7 Å². The molecule has 5 atom stereocenters. The van der Waals surface area contributed by atoms with Gasteiger partial charge in [-0.2, -0.15) is 0 Å². The summed E-state index contributed by atoms with van der Waals surface area (Å²) in [6.45, 7) is 6.54. The Bertz CT molecular complexity index is 1030. The largest absolute Gasteiger partial charge is 0.480 e. The number of amides is 4. The Balaban J connectivity index is 2.88. The number of carbonyl (C=O) groups is 7. The van der Waals surface area contributed by atoms with Crippen molar-refractivity contribution < 1.29 is 43.8 Å². The van der Waals surface area contributed by atoms with Crippen molar-refractivity contribution in [2.75, 3.05) is 12.3 Å². The summed E-state index contributed by atoms with van der Waals surface area (Å²) in [5, 5.41) is 27.4. The second kappa shape index (κ2) is 17.0. The topological polar surface area (TPSA) is 246 Å². The summed E-state index contributed by atoms with van der Waals surface area (Å²) in [6, 6.07) is -4.72. The molecule has 1 rings (SSSR count). The third-order valence-electron chi connectivity index (χ3n) is 5.67. The first-order valence-corrected chi connectivity index (χ1v) is 13.5. The third-order valence-corrected chi connectivity index (χ3v) is 6.93. The lowest BCUT2D eigenvalue weighted by atomic mass is 10.1. The molecule has 222 valence electrons. The van der Waals surface area contributed by atoms with E-state index in [1.54, 1.807) is 0 Å². The molecular formula is C24H36N6O9S. The van der Waals surface area contributed by atoms with E-state index in [1.165, 1.54) is 13.8 Å². The molecular weight excluding hydrogens is 548 g/mol. The first-order valence-electron chi connectivity index (χ1n) is 12.5. The van der Waals surface area contributed by atoms with Gasteiger partial charge in [-0.15, -0.1) is 11.8 Å². The zero-order chi connectivity index (χ0) is 30.4. The number of unbranched alkanes of at least 4 members (excludes halogenated alkanes) is 1. The fraction of sp³-hybridized carbons (Fsp3) is 0.583. The summed E-state index contributed by atoms with van der Waals surface area (Å²) < 4.78 is 0. The Morgan fingerprint density at radius 2 is 1.73 bits per heavy atom. The highest BCUT2D eigenvalue weighted by Crippen LogP contribution is 2.25. The number of rotatable bonds is 17. The van der Waals surface area contributed by atoms with Crippen molar-refractivity contribution in [3.05, 3.63) is 12.2 Å². The fourth-order valence-electron chi connectivity index (χ4n) is 3.57. The molecule has 16 heteroatoms. The molecule has 1 aliphatic heterocycles. The van der Waals surface area contributed by atoms with Gasteiger partial charge < -0.3 is 42.0 Å². The van der Waals surface area contributed by atoms with Gasteiger partial charge in [0.25, 0.3) is 0 Å². The maximum Gasteiger partial charge on any atom is 0.354 e.